The Balaban J connectivity index is 2.33. The molecule has 1 aliphatic rings. The monoisotopic (exact) mass is 329 g/mol. The van der Waals surface area contributed by atoms with E-state index in [0.717, 1.165) is 30.8 Å². The van der Waals surface area contributed by atoms with Crippen LogP contribution in [0.4, 0.5) is 0 Å². The predicted molar refractivity (Wildman–Crippen MR) is 96.6 cm³/mol. The van der Waals surface area contributed by atoms with Crippen LogP contribution >= 0.6 is 0 Å². The molecule has 0 amide bonds. The molecule has 0 saturated carbocycles. The highest BCUT2D eigenvalue weighted by Crippen LogP contribution is 2.34. The number of ether oxygens (including phenoxy) is 1. The van der Waals surface area contributed by atoms with Crippen molar-refractivity contribution in [2.75, 3.05) is 26.2 Å². The molecular weight excluding hydrogens is 302 g/mol. The van der Waals surface area contributed by atoms with Crippen LogP contribution in [-0.2, 0) is 4.79 Å². The van der Waals surface area contributed by atoms with Gasteiger partial charge in [0.15, 0.2) is 0 Å². The van der Waals surface area contributed by atoms with Crippen molar-refractivity contribution in [2.45, 2.75) is 34.6 Å². The van der Waals surface area contributed by atoms with E-state index in [9.17, 15) is 9.59 Å². The average Bonchev–Trinajstić information content (AvgIpc) is 2.56. The van der Waals surface area contributed by atoms with Crippen LogP contribution in [0.1, 0.15) is 49.2 Å². The Hall–Kier alpha value is -1.94. The van der Waals surface area contributed by atoms with Gasteiger partial charge in [-0.1, -0.05) is 39.8 Å². The zero-order valence-electron chi connectivity index (χ0n) is 15.3. The fourth-order valence-electron chi connectivity index (χ4n) is 2.97. The summed E-state index contributed by atoms with van der Waals surface area (Å²) in [5, 5.41) is 0. The third-order valence-electron chi connectivity index (χ3n) is 4.56. The fraction of sp³-hybridized carbons (Fsp3) is 0.500. The molecule has 0 atom stereocenters. The molecular formula is C20H27NO3. The van der Waals surface area contributed by atoms with Crippen molar-refractivity contribution in [1.82, 2.24) is 4.90 Å². The van der Waals surface area contributed by atoms with Gasteiger partial charge in [0.05, 0.1) is 5.56 Å². The number of aryl methyl sites for hydroxylation is 1. The topological polar surface area (TPSA) is 46.6 Å². The summed E-state index contributed by atoms with van der Waals surface area (Å²) in [6.45, 7) is 13.2. The summed E-state index contributed by atoms with van der Waals surface area (Å²) in [4.78, 5) is 27.3. The summed E-state index contributed by atoms with van der Waals surface area (Å²) in [5.74, 6) is -0.269. The molecule has 1 aromatic carbocycles. The number of carbonyl (C=O) groups is 2. The second-order valence-electron chi connectivity index (χ2n) is 6.46. The van der Waals surface area contributed by atoms with Crippen molar-refractivity contribution in [3.8, 4) is 5.75 Å². The lowest BCUT2D eigenvalue weighted by Crippen LogP contribution is -2.29. The van der Waals surface area contributed by atoms with E-state index in [1.165, 1.54) is 0 Å². The van der Waals surface area contributed by atoms with Crippen molar-refractivity contribution in [2.24, 2.45) is 5.92 Å². The summed E-state index contributed by atoms with van der Waals surface area (Å²) in [5.41, 5.74) is 2.66. The molecule has 0 spiro atoms. The molecule has 1 aliphatic carbocycles. The van der Waals surface area contributed by atoms with E-state index in [1.807, 2.05) is 39.0 Å². The minimum atomic E-state index is -0.447. The van der Waals surface area contributed by atoms with Gasteiger partial charge in [0.1, 0.15) is 12.4 Å². The zero-order valence-corrected chi connectivity index (χ0v) is 15.3. The van der Waals surface area contributed by atoms with Gasteiger partial charge in [0, 0.05) is 12.1 Å². The van der Waals surface area contributed by atoms with E-state index in [2.05, 4.69) is 18.7 Å². The molecule has 0 radical (unpaired) electrons. The molecule has 4 nitrogen and oxygen atoms in total. The van der Waals surface area contributed by atoms with Crippen LogP contribution in [-0.4, -0.2) is 42.7 Å². The SMILES string of the molecule is CCN(CC)CCOc1c(C)ccc2c1C(=O)C(=O)C(C(C)C)=C2. The normalized spacial score (nSPS) is 14.2. The third kappa shape index (κ3) is 3.59. The molecule has 1 aromatic rings. The van der Waals surface area contributed by atoms with Crippen molar-refractivity contribution in [3.63, 3.8) is 0 Å². The van der Waals surface area contributed by atoms with Crippen LogP contribution in [0.3, 0.4) is 0 Å². The molecule has 0 N–H and O–H groups in total. The summed E-state index contributed by atoms with van der Waals surface area (Å²) in [6.07, 6.45) is 1.83. The van der Waals surface area contributed by atoms with Gasteiger partial charge < -0.3 is 9.64 Å². The maximum Gasteiger partial charge on any atom is 0.237 e. The van der Waals surface area contributed by atoms with E-state index in [4.69, 9.17) is 4.74 Å². The number of hydrogen-bond donors (Lipinski definition) is 0. The number of benzene rings is 1. The molecule has 0 heterocycles. The van der Waals surface area contributed by atoms with Gasteiger partial charge in [0.2, 0.25) is 11.6 Å². The Bertz CT molecular complexity index is 670. The van der Waals surface area contributed by atoms with Crippen LogP contribution in [0, 0.1) is 12.8 Å². The number of rotatable bonds is 7. The smallest absolute Gasteiger partial charge is 0.237 e. The van der Waals surface area contributed by atoms with Gasteiger partial charge >= 0.3 is 0 Å². The van der Waals surface area contributed by atoms with E-state index < -0.39 is 11.6 Å². The number of carbonyl (C=O) groups excluding carboxylic acids is 2. The summed E-state index contributed by atoms with van der Waals surface area (Å²) >= 11 is 0. The second-order valence-corrected chi connectivity index (χ2v) is 6.46. The molecule has 4 heteroatoms. The van der Waals surface area contributed by atoms with Gasteiger partial charge in [-0.05, 0) is 43.1 Å². The molecule has 0 saturated heterocycles. The first-order valence-corrected chi connectivity index (χ1v) is 8.70. The third-order valence-corrected chi connectivity index (χ3v) is 4.56. The number of Topliss-reactive ketones (excluding diaryl/α,β-unsaturated/α-hetero) is 2. The van der Waals surface area contributed by atoms with Crippen LogP contribution in [0.2, 0.25) is 0 Å². The Morgan fingerprint density at radius 1 is 1.08 bits per heavy atom. The molecule has 24 heavy (non-hydrogen) atoms. The van der Waals surface area contributed by atoms with E-state index in [-0.39, 0.29) is 5.92 Å². The first kappa shape index (κ1) is 18.4. The van der Waals surface area contributed by atoms with Crippen LogP contribution in [0.15, 0.2) is 17.7 Å². The number of nitrogens with zero attached hydrogens (tertiary/aromatic N) is 1. The van der Waals surface area contributed by atoms with Gasteiger partial charge in [-0.3, -0.25) is 9.59 Å². The molecule has 2 rings (SSSR count). The number of likely N-dealkylation sites (N-methyl/N-ethyl adjacent to an activating group) is 1. The molecule has 0 unspecified atom stereocenters. The van der Waals surface area contributed by atoms with Gasteiger partial charge in [-0.25, -0.2) is 0 Å². The molecule has 0 fully saturated rings. The quantitative estimate of drug-likeness (QED) is 0.718. The van der Waals surface area contributed by atoms with Crippen molar-refractivity contribution >= 4 is 17.6 Å². The predicted octanol–water partition coefficient (Wildman–Crippen LogP) is 3.52. The van der Waals surface area contributed by atoms with Gasteiger partial charge in [-0.15, -0.1) is 0 Å². The van der Waals surface area contributed by atoms with Gasteiger partial charge in [0.25, 0.3) is 0 Å². The number of hydrogen-bond acceptors (Lipinski definition) is 4. The first-order valence-electron chi connectivity index (χ1n) is 8.70. The first-order chi connectivity index (χ1) is 11.4. The number of allylic oxidation sites excluding steroid dienone is 1. The number of fused-ring (bicyclic) bond motifs is 1. The van der Waals surface area contributed by atoms with E-state index in [1.54, 1.807) is 0 Å². The Labute approximate surface area is 144 Å². The molecule has 0 bridgehead atoms. The molecule has 130 valence electrons. The second kappa shape index (κ2) is 7.75. The van der Waals surface area contributed by atoms with Gasteiger partial charge in [-0.2, -0.15) is 0 Å². The van der Waals surface area contributed by atoms with Crippen LogP contribution < -0.4 is 4.74 Å². The largest absolute Gasteiger partial charge is 0.491 e. The standard InChI is InChI=1S/C20H27NO3/c1-6-21(7-2)10-11-24-20-14(5)8-9-15-12-16(13(3)4)18(22)19(23)17(15)20/h8-9,12-13H,6-7,10-11H2,1-5H3. The van der Waals surface area contributed by atoms with Crippen molar-refractivity contribution in [1.29, 1.82) is 0 Å². The molecule has 0 aliphatic heterocycles. The minimum absolute atomic E-state index is 0.0305. The Kier molecular flexibility index (Phi) is 5.94. The lowest BCUT2D eigenvalue weighted by Gasteiger charge is -2.22. The van der Waals surface area contributed by atoms with Crippen molar-refractivity contribution in [3.05, 3.63) is 34.4 Å². The lowest BCUT2D eigenvalue weighted by molar-refractivity contribution is -0.112. The van der Waals surface area contributed by atoms with E-state index >= 15 is 0 Å². The maximum atomic E-state index is 12.6. The summed E-state index contributed by atoms with van der Waals surface area (Å²) in [7, 11) is 0. The molecule has 0 aromatic heterocycles. The van der Waals surface area contributed by atoms with Crippen LogP contribution in [0.5, 0.6) is 5.75 Å². The lowest BCUT2D eigenvalue weighted by atomic mass is 9.84. The maximum absolute atomic E-state index is 12.6. The highest BCUT2D eigenvalue weighted by atomic mass is 16.5. The van der Waals surface area contributed by atoms with E-state index in [0.29, 0.717) is 23.5 Å². The Morgan fingerprint density at radius 3 is 2.33 bits per heavy atom. The highest BCUT2D eigenvalue weighted by molar-refractivity contribution is 6.52. The highest BCUT2D eigenvalue weighted by Gasteiger charge is 2.32. The zero-order chi connectivity index (χ0) is 17.9. The summed E-state index contributed by atoms with van der Waals surface area (Å²) in [6, 6.07) is 3.84. The Morgan fingerprint density at radius 2 is 1.75 bits per heavy atom. The van der Waals surface area contributed by atoms with Crippen LogP contribution in [0.25, 0.3) is 6.08 Å². The average molecular weight is 329 g/mol. The number of ketones is 2. The van der Waals surface area contributed by atoms with Crippen molar-refractivity contribution < 1.29 is 14.3 Å². The summed E-state index contributed by atoms with van der Waals surface area (Å²) < 4.78 is 5.94. The minimum Gasteiger partial charge on any atom is -0.491 e. The fourth-order valence-corrected chi connectivity index (χ4v) is 2.97.